The van der Waals surface area contributed by atoms with E-state index in [1.54, 1.807) is 38.4 Å². The van der Waals surface area contributed by atoms with E-state index in [0.717, 1.165) is 20.2 Å². The van der Waals surface area contributed by atoms with E-state index in [-0.39, 0.29) is 26.0 Å². The van der Waals surface area contributed by atoms with Crippen LogP contribution in [-0.2, 0) is 10.0 Å². The number of ether oxygens (including phenoxy) is 1. The van der Waals surface area contributed by atoms with E-state index in [1.807, 2.05) is 60.7 Å². The Balaban J connectivity index is 1.51. The standard InChI is InChI=1S/C27H24NO4S2/c1-28(34(30,31)22-17-13-20(32-2)14-18-22)19-11-15-21(16-12-19)33-25-9-5-3-7-23(25)27(29)24-8-4-6-10-26(24)33/h3-15,17-18,21H,16H2,1-2H3/q+1. The molecule has 1 unspecified atom stereocenters. The van der Waals surface area contributed by atoms with E-state index in [1.165, 1.54) is 4.31 Å². The fourth-order valence-electron chi connectivity index (χ4n) is 4.32. The third kappa shape index (κ3) is 3.71. The number of nitrogens with zero attached hydrogens (tertiary/aromatic N) is 1. The van der Waals surface area contributed by atoms with Gasteiger partial charge in [0, 0.05) is 29.6 Å². The maximum absolute atomic E-state index is 13.2. The zero-order chi connectivity index (χ0) is 23.9. The fraction of sp³-hybridized carbons (Fsp3) is 0.148. The average molecular weight is 491 g/mol. The van der Waals surface area contributed by atoms with Crippen LogP contribution in [0, 0.1) is 0 Å². The molecule has 0 fully saturated rings. The highest BCUT2D eigenvalue weighted by Crippen LogP contribution is 2.47. The van der Waals surface area contributed by atoms with Crippen LogP contribution in [0.3, 0.4) is 0 Å². The molecule has 3 aromatic carbocycles. The van der Waals surface area contributed by atoms with Crippen molar-refractivity contribution in [3.05, 3.63) is 107 Å². The van der Waals surface area contributed by atoms with Gasteiger partial charge in [-0.2, -0.15) is 0 Å². The molecule has 1 heterocycles. The number of methoxy groups -OCH3 is 1. The van der Waals surface area contributed by atoms with Gasteiger partial charge < -0.3 is 4.74 Å². The van der Waals surface area contributed by atoms with Gasteiger partial charge in [0.15, 0.2) is 14.6 Å². The van der Waals surface area contributed by atoms with Crippen LogP contribution in [-0.4, -0.2) is 26.9 Å². The summed E-state index contributed by atoms with van der Waals surface area (Å²) in [5.74, 6) is 0.605. The molecule has 0 N–H and O–H groups in total. The summed E-state index contributed by atoms with van der Waals surface area (Å²) in [6, 6.07) is 22.0. The predicted octanol–water partition coefficient (Wildman–Crippen LogP) is 5.82. The Labute approximate surface area is 201 Å². The number of hydrogen-bond donors (Lipinski definition) is 0. The number of rotatable bonds is 5. The lowest BCUT2D eigenvalue weighted by molar-refractivity contribution is 0.414. The van der Waals surface area contributed by atoms with Crippen LogP contribution in [0.25, 0.3) is 20.2 Å². The first-order chi connectivity index (χ1) is 16.4. The third-order valence-corrected chi connectivity index (χ3v) is 10.6. The lowest BCUT2D eigenvalue weighted by Crippen LogP contribution is -2.26. The second-order valence-electron chi connectivity index (χ2n) is 8.07. The lowest BCUT2D eigenvalue weighted by Gasteiger charge is -2.23. The molecule has 4 aromatic rings. The zero-order valence-electron chi connectivity index (χ0n) is 18.8. The molecule has 0 spiro atoms. The van der Waals surface area contributed by atoms with Crippen molar-refractivity contribution in [3.8, 4) is 5.75 Å². The Morgan fingerprint density at radius 1 is 0.912 bits per heavy atom. The van der Waals surface area contributed by atoms with Crippen molar-refractivity contribution in [3.63, 3.8) is 0 Å². The molecule has 0 bridgehead atoms. The number of sulfonamides is 1. The summed E-state index contributed by atoms with van der Waals surface area (Å²) in [5.41, 5.74) is 0.696. The second-order valence-corrected chi connectivity index (χ2v) is 12.2. The van der Waals surface area contributed by atoms with Gasteiger partial charge in [-0.15, -0.1) is 0 Å². The maximum Gasteiger partial charge on any atom is 0.264 e. The monoisotopic (exact) mass is 490 g/mol. The molecular formula is C27H24NO4S2+. The van der Waals surface area contributed by atoms with Gasteiger partial charge >= 0.3 is 0 Å². The van der Waals surface area contributed by atoms with E-state index in [2.05, 4.69) is 6.08 Å². The van der Waals surface area contributed by atoms with Crippen molar-refractivity contribution in [1.82, 2.24) is 4.31 Å². The predicted molar refractivity (Wildman–Crippen MR) is 139 cm³/mol. The molecule has 0 saturated carbocycles. The molecular weight excluding hydrogens is 466 g/mol. The minimum absolute atomic E-state index is 0.0660. The van der Waals surface area contributed by atoms with E-state index in [4.69, 9.17) is 4.74 Å². The Bertz CT molecular complexity index is 1560. The van der Waals surface area contributed by atoms with Gasteiger partial charge in [-0.05, 0) is 60.7 Å². The van der Waals surface area contributed by atoms with E-state index in [9.17, 15) is 13.2 Å². The van der Waals surface area contributed by atoms with Gasteiger partial charge in [-0.3, -0.25) is 9.10 Å². The van der Waals surface area contributed by atoms with Crippen LogP contribution in [0.1, 0.15) is 11.7 Å². The Morgan fingerprint density at radius 2 is 1.50 bits per heavy atom. The zero-order valence-corrected chi connectivity index (χ0v) is 20.5. The summed E-state index contributed by atoms with van der Waals surface area (Å²) in [6.45, 7) is 0. The van der Waals surface area contributed by atoms with E-state index < -0.39 is 10.0 Å². The van der Waals surface area contributed by atoms with Crippen LogP contribution in [0.4, 0.5) is 0 Å². The topological polar surface area (TPSA) is 63.7 Å². The largest absolute Gasteiger partial charge is 0.497 e. The highest BCUT2D eigenvalue weighted by atomic mass is 32.2. The number of likely N-dealkylation sites (N-methyl/N-ethyl adjacent to an activating group) is 1. The Kier molecular flexibility index (Phi) is 5.75. The van der Waals surface area contributed by atoms with Crippen molar-refractivity contribution in [1.29, 1.82) is 0 Å². The van der Waals surface area contributed by atoms with Crippen LogP contribution in [0.15, 0.2) is 106 Å². The smallest absolute Gasteiger partial charge is 0.264 e. The Hall–Kier alpha value is -3.42. The summed E-state index contributed by atoms with van der Waals surface area (Å²) >= 11 is 0. The molecule has 0 radical (unpaired) electrons. The van der Waals surface area contributed by atoms with Gasteiger partial charge in [0.2, 0.25) is 5.43 Å². The first-order valence-electron chi connectivity index (χ1n) is 10.9. The highest BCUT2D eigenvalue weighted by molar-refractivity contribution is 7.89. The van der Waals surface area contributed by atoms with Crippen molar-refractivity contribution in [2.24, 2.45) is 0 Å². The first-order valence-corrected chi connectivity index (χ1v) is 13.6. The quantitative estimate of drug-likeness (QED) is 0.261. The van der Waals surface area contributed by atoms with Gasteiger partial charge in [-0.1, -0.05) is 30.3 Å². The molecule has 1 atom stereocenters. The summed E-state index contributed by atoms with van der Waals surface area (Å²) < 4.78 is 34.9. The number of benzene rings is 3. The molecule has 1 aromatic heterocycles. The van der Waals surface area contributed by atoms with Crippen molar-refractivity contribution < 1.29 is 13.2 Å². The minimum atomic E-state index is -3.69. The number of fused-ring (bicyclic) bond motifs is 2. The Morgan fingerprint density at radius 3 is 2.03 bits per heavy atom. The van der Waals surface area contributed by atoms with Crippen LogP contribution < -0.4 is 10.2 Å². The number of hydrogen-bond acceptors (Lipinski definition) is 4. The normalized spacial score (nSPS) is 15.9. The van der Waals surface area contributed by atoms with Gasteiger partial charge in [-0.25, -0.2) is 8.42 Å². The number of allylic oxidation sites excluding steroid dienone is 3. The maximum atomic E-state index is 13.2. The summed E-state index contributed by atoms with van der Waals surface area (Å²) in [5, 5.41) is 1.65. The molecule has 5 nitrogen and oxygen atoms in total. The molecule has 34 heavy (non-hydrogen) atoms. The molecule has 7 heteroatoms. The van der Waals surface area contributed by atoms with E-state index >= 15 is 0 Å². The van der Waals surface area contributed by atoms with Crippen molar-refractivity contribution in [2.45, 2.75) is 16.6 Å². The van der Waals surface area contributed by atoms with Crippen molar-refractivity contribution >= 4 is 40.7 Å². The van der Waals surface area contributed by atoms with Crippen molar-refractivity contribution in [2.75, 3.05) is 14.2 Å². The second kappa shape index (κ2) is 8.74. The van der Waals surface area contributed by atoms with Crippen LogP contribution in [0.2, 0.25) is 0 Å². The van der Waals surface area contributed by atoms with Gasteiger partial charge in [0.25, 0.3) is 10.0 Å². The molecule has 0 aliphatic heterocycles. The summed E-state index contributed by atoms with van der Waals surface area (Å²) in [7, 11) is -0.903. The third-order valence-electron chi connectivity index (χ3n) is 6.16. The molecule has 5 rings (SSSR count). The molecule has 1 aliphatic rings. The SMILES string of the molecule is COc1ccc(S(=O)(=O)N(C)C2=CCC([s+]3c4ccccc4c(=O)c4ccccc43)C=C2)cc1. The summed E-state index contributed by atoms with van der Waals surface area (Å²) in [4.78, 5) is 13.3. The fourth-order valence-corrected chi connectivity index (χ4v) is 8.19. The molecule has 172 valence electrons. The summed E-state index contributed by atoms with van der Waals surface area (Å²) in [6.07, 6.45) is 6.61. The molecule has 0 amide bonds. The highest BCUT2D eigenvalue weighted by Gasteiger charge is 2.30. The molecule has 1 aliphatic carbocycles. The van der Waals surface area contributed by atoms with Gasteiger partial charge in [0.1, 0.15) is 5.75 Å². The minimum Gasteiger partial charge on any atom is -0.497 e. The van der Waals surface area contributed by atoms with Crippen LogP contribution >= 0.6 is 10.5 Å². The van der Waals surface area contributed by atoms with E-state index in [0.29, 0.717) is 17.9 Å². The average Bonchev–Trinajstić information content (AvgIpc) is 2.89. The lowest BCUT2D eigenvalue weighted by atomic mass is 10.1. The van der Waals surface area contributed by atoms with Crippen LogP contribution in [0.5, 0.6) is 5.75 Å². The molecule has 0 saturated heterocycles. The first kappa shape index (κ1) is 22.4. The van der Waals surface area contributed by atoms with Gasteiger partial charge in [0.05, 0.1) is 22.8 Å².